The van der Waals surface area contributed by atoms with Crippen LogP contribution in [0.15, 0.2) is 18.2 Å². The predicted molar refractivity (Wildman–Crippen MR) is 68.7 cm³/mol. The number of amides is 1. The summed E-state index contributed by atoms with van der Waals surface area (Å²) < 4.78 is 0. The molecule has 0 saturated carbocycles. The summed E-state index contributed by atoms with van der Waals surface area (Å²) in [4.78, 5) is 11.7. The van der Waals surface area contributed by atoms with Crippen molar-refractivity contribution in [3.63, 3.8) is 0 Å². The van der Waals surface area contributed by atoms with Crippen molar-refractivity contribution >= 4 is 40.7 Å². The smallest absolute Gasteiger partial charge is 0.252 e. The van der Waals surface area contributed by atoms with E-state index >= 15 is 0 Å². The van der Waals surface area contributed by atoms with Gasteiger partial charge in [0.25, 0.3) is 5.91 Å². The molecule has 0 spiro atoms. The number of hydrogen-bond donors (Lipinski definition) is 1. The van der Waals surface area contributed by atoms with Gasteiger partial charge >= 0.3 is 0 Å². The summed E-state index contributed by atoms with van der Waals surface area (Å²) in [7, 11) is 0. The minimum atomic E-state index is -0.235. The van der Waals surface area contributed by atoms with E-state index in [0.29, 0.717) is 22.2 Å². The highest BCUT2D eigenvalue weighted by Crippen LogP contribution is 2.20. The Bertz CT molecular complexity index is 381. The first-order valence-electron chi connectivity index (χ1n) is 4.92. The first kappa shape index (κ1) is 13.6. The van der Waals surface area contributed by atoms with E-state index in [1.54, 1.807) is 12.1 Å². The number of alkyl halides is 1. The minimum absolute atomic E-state index is 0.0602. The van der Waals surface area contributed by atoms with Gasteiger partial charge in [-0.3, -0.25) is 4.79 Å². The number of carbonyl (C=O) groups is 1. The van der Waals surface area contributed by atoms with Crippen LogP contribution < -0.4 is 5.32 Å². The predicted octanol–water partition coefficient (Wildman–Crippen LogP) is 3.74. The second kappa shape index (κ2) is 6.33. The molecule has 0 aliphatic carbocycles. The van der Waals surface area contributed by atoms with Crippen LogP contribution in [0.25, 0.3) is 0 Å². The molecule has 88 valence electrons. The highest BCUT2D eigenvalue weighted by Gasteiger charge is 2.11. The molecular weight excluding hydrogens is 268 g/mol. The third kappa shape index (κ3) is 3.85. The van der Waals surface area contributed by atoms with Gasteiger partial charge in [0.15, 0.2) is 0 Å². The summed E-state index contributed by atoms with van der Waals surface area (Å²) in [6.07, 6.45) is 0.802. The Labute approximate surface area is 110 Å². The van der Waals surface area contributed by atoms with Crippen molar-refractivity contribution in [1.82, 2.24) is 5.32 Å². The molecule has 0 radical (unpaired) electrons. The second-order valence-corrected chi connectivity index (χ2v) is 4.80. The highest BCUT2D eigenvalue weighted by molar-refractivity contribution is 6.36. The SMILES string of the molecule is CCC(Cl)CNC(=O)c1ccc(Cl)cc1Cl. The van der Waals surface area contributed by atoms with Gasteiger partial charge in [-0.15, -0.1) is 11.6 Å². The number of rotatable bonds is 4. The Morgan fingerprint density at radius 1 is 1.44 bits per heavy atom. The Balaban J connectivity index is 2.66. The lowest BCUT2D eigenvalue weighted by molar-refractivity contribution is 0.0953. The Hall–Kier alpha value is -0.440. The first-order chi connectivity index (χ1) is 7.54. The lowest BCUT2D eigenvalue weighted by Gasteiger charge is -2.09. The van der Waals surface area contributed by atoms with E-state index < -0.39 is 0 Å². The molecule has 1 unspecified atom stereocenters. The Morgan fingerprint density at radius 2 is 2.12 bits per heavy atom. The van der Waals surface area contributed by atoms with Gasteiger partial charge in [0.1, 0.15) is 0 Å². The molecule has 5 heteroatoms. The summed E-state index contributed by atoms with van der Waals surface area (Å²) in [6.45, 7) is 2.38. The van der Waals surface area contributed by atoms with Gasteiger partial charge in [-0.1, -0.05) is 30.1 Å². The van der Waals surface area contributed by atoms with Gasteiger partial charge in [0.2, 0.25) is 0 Å². The maximum Gasteiger partial charge on any atom is 0.252 e. The molecule has 0 bridgehead atoms. The normalized spacial score (nSPS) is 12.2. The van der Waals surface area contributed by atoms with Crippen molar-refractivity contribution in [1.29, 1.82) is 0 Å². The molecule has 0 saturated heterocycles. The van der Waals surface area contributed by atoms with Crippen LogP contribution in [-0.2, 0) is 0 Å². The highest BCUT2D eigenvalue weighted by atomic mass is 35.5. The van der Waals surface area contributed by atoms with Gasteiger partial charge in [0.05, 0.1) is 16.0 Å². The molecule has 0 heterocycles. The van der Waals surface area contributed by atoms with Gasteiger partial charge in [0, 0.05) is 11.6 Å². The van der Waals surface area contributed by atoms with Gasteiger partial charge < -0.3 is 5.32 Å². The summed E-state index contributed by atoms with van der Waals surface area (Å²) in [5, 5.41) is 3.50. The molecule has 1 N–H and O–H groups in total. The average Bonchev–Trinajstić information content (AvgIpc) is 2.25. The van der Waals surface area contributed by atoms with Crippen molar-refractivity contribution in [3.05, 3.63) is 33.8 Å². The zero-order chi connectivity index (χ0) is 12.1. The standard InChI is InChI=1S/C11H12Cl3NO/c1-2-7(12)6-15-11(16)9-4-3-8(13)5-10(9)14/h3-5,7H,2,6H2,1H3,(H,15,16). The molecule has 16 heavy (non-hydrogen) atoms. The van der Waals surface area contributed by atoms with E-state index in [1.807, 2.05) is 6.92 Å². The van der Waals surface area contributed by atoms with Crippen LogP contribution in [0.4, 0.5) is 0 Å². The lowest BCUT2D eigenvalue weighted by atomic mass is 10.2. The third-order valence-corrected chi connectivity index (χ3v) is 3.11. The Morgan fingerprint density at radius 3 is 2.69 bits per heavy atom. The number of nitrogens with one attached hydrogen (secondary N) is 1. The van der Waals surface area contributed by atoms with Crippen molar-refractivity contribution < 1.29 is 4.79 Å². The average molecular weight is 281 g/mol. The molecule has 0 fully saturated rings. The zero-order valence-electron chi connectivity index (χ0n) is 8.77. The fourth-order valence-electron chi connectivity index (χ4n) is 1.12. The molecule has 0 aliphatic rings. The summed E-state index contributed by atoms with van der Waals surface area (Å²) >= 11 is 17.5. The van der Waals surface area contributed by atoms with Crippen LogP contribution in [0.3, 0.4) is 0 Å². The third-order valence-electron chi connectivity index (χ3n) is 2.10. The fraction of sp³-hybridized carbons (Fsp3) is 0.364. The van der Waals surface area contributed by atoms with Crippen molar-refractivity contribution in [2.45, 2.75) is 18.7 Å². The van der Waals surface area contributed by atoms with Crippen LogP contribution in [0.2, 0.25) is 10.0 Å². The fourth-order valence-corrected chi connectivity index (χ4v) is 1.69. The van der Waals surface area contributed by atoms with Crippen LogP contribution in [-0.4, -0.2) is 17.8 Å². The van der Waals surface area contributed by atoms with Crippen LogP contribution in [0, 0.1) is 0 Å². The van der Waals surface area contributed by atoms with Gasteiger partial charge in [-0.2, -0.15) is 0 Å². The van der Waals surface area contributed by atoms with Gasteiger partial charge in [-0.25, -0.2) is 0 Å². The summed E-state index contributed by atoms with van der Waals surface area (Å²) in [6, 6.07) is 4.76. The summed E-state index contributed by atoms with van der Waals surface area (Å²) in [5.74, 6) is -0.235. The molecule has 2 nitrogen and oxygen atoms in total. The molecule has 1 amide bonds. The molecule has 0 aliphatic heterocycles. The van der Waals surface area contributed by atoms with Gasteiger partial charge in [-0.05, 0) is 24.6 Å². The van der Waals surface area contributed by atoms with E-state index in [0.717, 1.165) is 6.42 Å². The van der Waals surface area contributed by atoms with Crippen molar-refractivity contribution in [2.75, 3.05) is 6.54 Å². The maximum atomic E-state index is 11.7. The van der Waals surface area contributed by atoms with E-state index in [9.17, 15) is 4.79 Å². The quantitative estimate of drug-likeness (QED) is 0.836. The zero-order valence-corrected chi connectivity index (χ0v) is 11.0. The lowest BCUT2D eigenvalue weighted by Crippen LogP contribution is -2.29. The van der Waals surface area contributed by atoms with E-state index in [-0.39, 0.29) is 11.3 Å². The molecule has 1 aromatic carbocycles. The topological polar surface area (TPSA) is 29.1 Å². The van der Waals surface area contributed by atoms with E-state index in [1.165, 1.54) is 6.07 Å². The van der Waals surface area contributed by atoms with Crippen LogP contribution >= 0.6 is 34.8 Å². The minimum Gasteiger partial charge on any atom is -0.351 e. The number of halogens is 3. The molecular formula is C11H12Cl3NO. The summed E-state index contributed by atoms with van der Waals surface area (Å²) in [5.41, 5.74) is 0.408. The molecule has 1 aromatic rings. The van der Waals surface area contributed by atoms with E-state index in [2.05, 4.69) is 5.32 Å². The molecule has 0 aromatic heterocycles. The van der Waals surface area contributed by atoms with E-state index in [4.69, 9.17) is 34.8 Å². The number of carbonyl (C=O) groups excluding carboxylic acids is 1. The van der Waals surface area contributed by atoms with Crippen LogP contribution in [0.1, 0.15) is 23.7 Å². The maximum absolute atomic E-state index is 11.7. The molecule has 1 rings (SSSR count). The monoisotopic (exact) mass is 279 g/mol. The first-order valence-corrected chi connectivity index (χ1v) is 6.11. The van der Waals surface area contributed by atoms with Crippen LogP contribution in [0.5, 0.6) is 0 Å². The second-order valence-electron chi connectivity index (χ2n) is 3.34. The van der Waals surface area contributed by atoms with Crippen molar-refractivity contribution in [3.8, 4) is 0 Å². The largest absolute Gasteiger partial charge is 0.351 e. The van der Waals surface area contributed by atoms with Crippen molar-refractivity contribution in [2.24, 2.45) is 0 Å². The number of hydrogen-bond acceptors (Lipinski definition) is 1. The number of benzene rings is 1. The Kier molecular flexibility index (Phi) is 5.39. The molecule has 1 atom stereocenters.